The second-order valence-electron chi connectivity index (χ2n) is 6.58. The molecule has 1 aliphatic rings. The van der Waals surface area contributed by atoms with E-state index in [1.54, 1.807) is 7.05 Å². The monoisotopic (exact) mass is 371 g/mol. The van der Waals surface area contributed by atoms with Crippen molar-refractivity contribution in [3.63, 3.8) is 0 Å². The average Bonchev–Trinajstić information content (AvgIpc) is 2.66. The standard InChI is InChI=1S/C20H26ClN5/c1-22-20(23-10-9-15-6-8-19(21)24-13-15)25-14-16-5-7-18-17(12-16)4-3-11-26(18)2/h5-8,12-13H,3-4,9-11,14H2,1-2H3,(H2,22,23,25). The third-order valence-electron chi connectivity index (χ3n) is 4.67. The third kappa shape index (κ3) is 4.88. The first-order valence-electron chi connectivity index (χ1n) is 9.03. The van der Waals surface area contributed by atoms with E-state index in [1.807, 2.05) is 18.3 Å². The number of fused-ring (bicyclic) bond motifs is 1. The molecular formula is C20H26ClN5. The lowest BCUT2D eigenvalue weighted by Gasteiger charge is -2.28. The second-order valence-corrected chi connectivity index (χ2v) is 6.97. The lowest BCUT2D eigenvalue weighted by molar-refractivity contribution is 0.740. The number of hydrogen-bond donors (Lipinski definition) is 2. The van der Waals surface area contributed by atoms with Crippen LogP contribution in [0, 0.1) is 0 Å². The van der Waals surface area contributed by atoms with Gasteiger partial charge in [-0.2, -0.15) is 0 Å². The minimum absolute atomic E-state index is 0.524. The molecule has 2 aromatic rings. The second kappa shape index (κ2) is 8.90. The van der Waals surface area contributed by atoms with Crippen molar-refractivity contribution in [3.05, 3.63) is 58.4 Å². The van der Waals surface area contributed by atoms with Gasteiger partial charge in [-0.3, -0.25) is 4.99 Å². The maximum absolute atomic E-state index is 5.81. The van der Waals surface area contributed by atoms with Gasteiger partial charge in [0.1, 0.15) is 5.15 Å². The summed E-state index contributed by atoms with van der Waals surface area (Å²) in [4.78, 5) is 10.7. The number of pyridine rings is 1. The molecule has 0 atom stereocenters. The predicted octanol–water partition coefficient (Wildman–Crippen LogP) is 3.03. The summed E-state index contributed by atoms with van der Waals surface area (Å²) in [6, 6.07) is 10.6. The number of hydrogen-bond acceptors (Lipinski definition) is 3. The van der Waals surface area contributed by atoms with Gasteiger partial charge < -0.3 is 15.5 Å². The molecule has 26 heavy (non-hydrogen) atoms. The van der Waals surface area contributed by atoms with E-state index in [4.69, 9.17) is 11.6 Å². The Morgan fingerprint density at radius 3 is 2.85 bits per heavy atom. The van der Waals surface area contributed by atoms with Crippen molar-refractivity contribution in [1.82, 2.24) is 15.6 Å². The number of aliphatic imine (C=N–C) groups is 1. The molecule has 0 amide bonds. The van der Waals surface area contributed by atoms with Crippen LogP contribution in [0.1, 0.15) is 23.1 Å². The van der Waals surface area contributed by atoms with Gasteiger partial charge in [0.15, 0.2) is 5.96 Å². The van der Waals surface area contributed by atoms with E-state index in [0.717, 1.165) is 44.0 Å². The van der Waals surface area contributed by atoms with E-state index in [1.165, 1.54) is 23.2 Å². The van der Waals surface area contributed by atoms with Gasteiger partial charge in [-0.15, -0.1) is 0 Å². The highest BCUT2D eigenvalue weighted by atomic mass is 35.5. The van der Waals surface area contributed by atoms with Crippen LogP contribution in [-0.2, 0) is 19.4 Å². The number of nitrogens with zero attached hydrogens (tertiary/aromatic N) is 3. The topological polar surface area (TPSA) is 52.6 Å². The Kier molecular flexibility index (Phi) is 6.34. The molecular weight excluding hydrogens is 346 g/mol. The molecule has 1 aromatic carbocycles. The molecule has 2 N–H and O–H groups in total. The molecule has 0 bridgehead atoms. The lowest BCUT2D eigenvalue weighted by atomic mass is 9.99. The van der Waals surface area contributed by atoms with Crippen LogP contribution in [0.2, 0.25) is 5.15 Å². The Labute approximate surface area is 160 Å². The zero-order chi connectivity index (χ0) is 18.4. The summed E-state index contributed by atoms with van der Waals surface area (Å²) < 4.78 is 0. The van der Waals surface area contributed by atoms with Crippen LogP contribution in [0.4, 0.5) is 5.69 Å². The highest BCUT2D eigenvalue weighted by Crippen LogP contribution is 2.26. The smallest absolute Gasteiger partial charge is 0.191 e. The molecule has 0 saturated heterocycles. The maximum Gasteiger partial charge on any atom is 0.191 e. The highest BCUT2D eigenvalue weighted by molar-refractivity contribution is 6.29. The van der Waals surface area contributed by atoms with Crippen LogP contribution < -0.4 is 15.5 Å². The molecule has 2 heterocycles. The summed E-state index contributed by atoms with van der Waals surface area (Å²) in [6.45, 7) is 2.70. The maximum atomic E-state index is 5.81. The number of anilines is 1. The SMILES string of the molecule is CN=C(NCCc1ccc(Cl)nc1)NCc1ccc2c(c1)CCCN2C. The van der Waals surface area contributed by atoms with Crippen LogP contribution in [-0.4, -0.2) is 38.1 Å². The summed E-state index contributed by atoms with van der Waals surface area (Å²) in [5, 5.41) is 7.25. The van der Waals surface area contributed by atoms with Crippen molar-refractivity contribution >= 4 is 23.2 Å². The summed E-state index contributed by atoms with van der Waals surface area (Å²) in [7, 11) is 3.96. The highest BCUT2D eigenvalue weighted by Gasteiger charge is 2.13. The molecule has 1 aromatic heterocycles. The summed E-state index contributed by atoms with van der Waals surface area (Å²) in [6.07, 6.45) is 5.07. The number of halogens is 1. The van der Waals surface area contributed by atoms with Crippen molar-refractivity contribution in [3.8, 4) is 0 Å². The fourth-order valence-electron chi connectivity index (χ4n) is 3.23. The summed E-state index contributed by atoms with van der Waals surface area (Å²) in [5.74, 6) is 0.807. The van der Waals surface area contributed by atoms with Gasteiger partial charge in [-0.25, -0.2) is 4.98 Å². The van der Waals surface area contributed by atoms with Crippen LogP contribution in [0.5, 0.6) is 0 Å². The largest absolute Gasteiger partial charge is 0.374 e. The number of aromatic nitrogens is 1. The molecule has 0 fully saturated rings. The Morgan fingerprint density at radius 2 is 2.08 bits per heavy atom. The van der Waals surface area contributed by atoms with Gasteiger partial charge in [0, 0.05) is 45.6 Å². The van der Waals surface area contributed by atoms with Gasteiger partial charge in [-0.1, -0.05) is 29.8 Å². The molecule has 0 radical (unpaired) electrons. The van der Waals surface area contributed by atoms with Crippen LogP contribution in [0.25, 0.3) is 0 Å². The van der Waals surface area contributed by atoms with Gasteiger partial charge in [0.05, 0.1) is 0 Å². The zero-order valence-corrected chi connectivity index (χ0v) is 16.2. The van der Waals surface area contributed by atoms with Crippen molar-refractivity contribution in [2.75, 3.05) is 32.1 Å². The Morgan fingerprint density at radius 1 is 1.23 bits per heavy atom. The van der Waals surface area contributed by atoms with E-state index in [9.17, 15) is 0 Å². The predicted molar refractivity (Wildman–Crippen MR) is 109 cm³/mol. The van der Waals surface area contributed by atoms with E-state index in [0.29, 0.717) is 5.15 Å². The van der Waals surface area contributed by atoms with Gasteiger partial charge >= 0.3 is 0 Å². The minimum Gasteiger partial charge on any atom is -0.374 e. The van der Waals surface area contributed by atoms with Crippen molar-refractivity contribution in [2.24, 2.45) is 4.99 Å². The van der Waals surface area contributed by atoms with Crippen LogP contribution in [0.15, 0.2) is 41.5 Å². The average molecular weight is 372 g/mol. The van der Waals surface area contributed by atoms with Crippen molar-refractivity contribution in [1.29, 1.82) is 0 Å². The molecule has 0 spiro atoms. The van der Waals surface area contributed by atoms with Crippen molar-refractivity contribution in [2.45, 2.75) is 25.8 Å². The Balaban J connectivity index is 1.49. The molecule has 0 unspecified atom stereocenters. The van der Waals surface area contributed by atoms with Gasteiger partial charge in [0.25, 0.3) is 0 Å². The number of benzene rings is 1. The van der Waals surface area contributed by atoms with Crippen LogP contribution in [0.3, 0.4) is 0 Å². The number of guanidine groups is 1. The van der Waals surface area contributed by atoms with E-state index < -0.39 is 0 Å². The van der Waals surface area contributed by atoms with E-state index in [-0.39, 0.29) is 0 Å². The molecule has 0 aliphatic carbocycles. The first kappa shape index (κ1) is 18.5. The molecule has 1 aliphatic heterocycles. The number of nitrogens with one attached hydrogen (secondary N) is 2. The lowest BCUT2D eigenvalue weighted by Crippen LogP contribution is -2.37. The van der Waals surface area contributed by atoms with Crippen LogP contribution >= 0.6 is 11.6 Å². The molecule has 5 nitrogen and oxygen atoms in total. The van der Waals surface area contributed by atoms with Crippen molar-refractivity contribution < 1.29 is 0 Å². The third-order valence-corrected chi connectivity index (χ3v) is 4.90. The van der Waals surface area contributed by atoms with E-state index >= 15 is 0 Å². The number of rotatable bonds is 5. The van der Waals surface area contributed by atoms with Gasteiger partial charge in [0.2, 0.25) is 0 Å². The van der Waals surface area contributed by atoms with Gasteiger partial charge in [-0.05, 0) is 48.1 Å². The molecule has 3 rings (SSSR count). The first-order valence-corrected chi connectivity index (χ1v) is 9.41. The molecule has 0 saturated carbocycles. The molecule has 138 valence electrons. The first-order chi connectivity index (χ1) is 12.7. The minimum atomic E-state index is 0.524. The summed E-state index contributed by atoms with van der Waals surface area (Å²) >= 11 is 5.81. The fraction of sp³-hybridized carbons (Fsp3) is 0.400. The Hall–Kier alpha value is -2.27. The van der Waals surface area contributed by atoms with E-state index in [2.05, 4.69) is 50.8 Å². The normalized spacial score (nSPS) is 14.1. The fourth-order valence-corrected chi connectivity index (χ4v) is 3.35. The summed E-state index contributed by atoms with van der Waals surface area (Å²) in [5.41, 5.74) is 5.23. The molecule has 6 heteroatoms. The Bertz CT molecular complexity index is 757. The quantitative estimate of drug-likeness (QED) is 0.482. The number of aryl methyl sites for hydroxylation is 1. The zero-order valence-electron chi connectivity index (χ0n) is 15.4.